The largest absolute Gasteiger partial charge is 1.00 e. The summed E-state index contributed by atoms with van der Waals surface area (Å²) >= 11 is 0. The van der Waals surface area contributed by atoms with E-state index in [4.69, 9.17) is 9.47 Å². The predicted molar refractivity (Wildman–Crippen MR) is 89.1 cm³/mol. The minimum atomic E-state index is 0. The third-order valence-electron chi connectivity index (χ3n) is 6.37. The van der Waals surface area contributed by atoms with E-state index < -0.39 is 0 Å². The number of likely N-dealkylation sites (N-methyl/N-ethyl adjacent to an activating group) is 1. The molecule has 4 heterocycles. The summed E-state index contributed by atoms with van der Waals surface area (Å²) in [6.45, 7) is 4.00. The lowest BCUT2D eigenvalue weighted by Gasteiger charge is -2.49. The number of nitrogens with zero attached hydrogens (tertiary/aromatic N) is 1. The Morgan fingerprint density at radius 3 is 2.75 bits per heavy atom. The van der Waals surface area contributed by atoms with Gasteiger partial charge in [0.25, 0.3) is 0 Å². The molecule has 0 unspecified atom stereocenters. The molecule has 0 aliphatic carbocycles. The second-order valence-electron chi connectivity index (χ2n) is 7.65. The molecule has 24 heavy (non-hydrogen) atoms. The number of rotatable bonds is 1. The highest BCUT2D eigenvalue weighted by atomic mass is 127. The van der Waals surface area contributed by atoms with Gasteiger partial charge in [0.15, 0.2) is 6.29 Å². The minimum absolute atomic E-state index is 0. The maximum Gasteiger partial charge on any atom is 0.161 e. The zero-order valence-corrected chi connectivity index (χ0v) is 16.3. The Morgan fingerprint density at radius 1 is 1.12 bits per heavy atom. The number of piperidine rings is 1. The fraction of sp³-hybridized carbons (Fsp3) is 0.579. The molecule has 0 bridgehead atoms. The van der Waals surface area contributed by atoms with Crippen LogP contribution in [0.2, 0.25) is 0 Å². The quantitative estimate of drug-likeness (QED) is 0.501. The van der Waals surface area contributed by atoms with Crippen LogP contribution < -0.4 is 24.0 Å². The Hall–Kier alpha value is -0.630. The Bertz CT molecular complexity index is 740. The number of H-pyrrole nitrogens is 1. The van der Waals surface area contributed by atoms with Crippen molar-refractivity contribution in [2.24, 2.45) is 5.92 Å². The molecular weight excluding hydrogens is 415 g/mol. The van der Waals surface area contributed by atoms with Crippen molar-refractivity contribution in [2.45, 2.75) is 31.6 Å². The zero-order chi connectivity index (χ0) is 15.4. The average Bonchev–Trinajstić information content (AvgIpc) is 3.21. The predicted octanol–water partition coefficient (Wildman–Crippen LogP) is -0.00140. The first kappa shape index (κ1) is 16.8. The first-order chi connectivity index (χ1) is 11.2. The summed E-state index contributed by atoms with van der Waals surface area (Å²) in [6, 6.07) is 9.31. The lowest BCUT2D eigenvalue weighted by atomic mass is 9.82. The smallest absolute Gasteiger partial charge is 0.161 e. The molecule has 5 heteroatoms. The summed E-state index contributed by atoms with van der Waals surface area (Å²) in [7, 11) is 2.44. The van der Waals surface area contributed by atoms with E-state index in [1.807, 2.05) is 0 Å². The first-order valence-electron chi connectivity index (χ1n) is 8.91. The molecule has 0 radical (unpaired) electrons. The number of para-hydroxylation sites is 1. The standard InChI is InChI=1S/C19H25N2O2.HI/c1-21-8-6-13(19-22-10-11-23-19)12-17(21)18-15(7-9-21)14-4-2-3-5-16(14)20-18;/h2-5,13,17,19-20H,6-12H2,1H3;1H/q+1;/p-1/t13-,17-,21-;/m0./s1. The van der Waals surface area contributed by atoms with Gasteiger partial charge in [-0.3, -0.25) is 0 Å². The number of aromatic amines is 1. The number of hydrogen-bond donors (Lipinski definition) is 1. The Kier molecular flexibility index (Phi) is 4.39. The van der Waals surface area contributed by atoms with Crippen molar-refractivity contribution in [2.75, 3.05) is 33.4 Å². The summed E-state index contributed by atoms with van der Waals surface area (Å²) in [5, 5.41) is 1.42. The number of halogens is 1. The lowest BCUT2D eigenvalue weighted by molar-refractivity contribution is -0.948. The molecule has 0 spiro atoms. The summed E-state index contributed by atoms with van der Waals surface area (Å²) < 4.78 is 12.8. The van der Waals surface area contributed by atoms with E-state index in [1.54, 1.807) is 5.56 Å². The third kappa shape index (κ3) is 2.52. The fourth-order valence-corrected chi connectivity index (χ4v) is 5.01. The van der Waals surface area contributed by atoms with Gasteiger partial charge in [0.05, 0.1) is 39.0 Å². The highest BCUT2D eigenvalue weighted by Crippen LogP contribution is 2.46. The van der Waals surface area contributed by atoms with Crippen LogP contribution >= 0.6 is 0 Å². The van der Waals surface area contributed by atoms with Gasteiger partial charge < -0.3 is 42.9 Å². The molecule has 2 fully saturated rings. The van der Waals surface area contributed by atoms with E-state index >= 15 is 0 Å². The Balaban J connectivity index is 0.00000146. The number of quaternary nitrogens is 1. The van der Waals surface area contributed by atoms with E-state index in [9.17, 15) is 0 Å². The molecule has 2 saturated heterocycles. The summed E-state index contributed by atoms with van der Waals surface area (Å²) in [5.74, 6) is 0.533. The van der Waals surface area contributed by atoms with Gasteiger partial charge in [-0.2, -0.15) is 0 Å². The Labute approximate surface area is 160 Å². The van der Waals surface area contributed by atoms with E-state index in [2.05, 4.69) is 36.3 Å². The second-order valence-corrected chi connectivity index (χ2v) is 7.65. The number of nitrogens with one attached hydrogen (secondary N) is 1. The third-order valence-corrected chi connectivity index (χ3v) is 6.37. The monoisotopic (exact) mass is 440 g/mol. The van der Waals surface area contributed by atoms with E-state index in [-0.39, 0.29) is 30.3 Å². The van der Waals surface area contributed by atoms with Crippen LogP contribution in [0.25, 0.3) is 10.9 Å². The maximum absolute atomic E-state index is 5.81. The molecule has 130 valence electrons. The number of ether oxygens (including phenoxy) is 2. The molecule has 0 amide bonds. The molecule has 5 rings (SSSR count). The van der Waals surface area contributed by atoms with Crippen LogP contribution in [0.4, 0.5) is 0 Å². The van der Waals surface area contributed by atoms with Crippen molar-refractivity contribution in [3.05, 3.63) is 35.5 Å². The van der Waals surface area contributed by atoms with Crippen molar-refractivity contribution >= 4 is 10.9 Å². The van der Waals surface area contributed by atoms with Crippen molar-refractivity contribution < 1.29 is 37.9 Å². The number of fused-ring (bicyclic) bond motifs is 5. The van der Waals surface area contributed by atoms with Crippen LogP contribution in [0.3, 0.4) is 0 Å². The molecule has 1 N–H and O–H groups in total. The van der Waals surface area contributed by atoms with Gasteiger partial charge in [0.2, 0.25) is 0 Å². The van der Waals surface area contributed by atoms with Crippen molar-refractivity contribution in [3.8, 4) is 0 Å². The maximum atomic E-state index is 5.81. The number of hydrogen-bond acceptors (Lipinski definition) is 2. The van der Waals surface area contributed by atoms with Crippen LogP contribution in [0, 0.1) is 5.92 Å². The Morgan fingerprint density at radius 2 is 1.92 bits per heavy atom. The van der Waals surface area contributed by atoms with Crippen molar-refractivity contribution in [3.63, 3.8) is 0 Å². The topological polar surface area (TPSA) is 34.2 Å². The van der Waals surface area contributed by atoms with E-state index in [0.717, 1.165) is 13.2 Å². The van der Waals surface area contributed by atoms with Gasteiger partial charge in [-0.05, 0) is 11.6 Å². The van der Waals surface area contributed by atoms with Crippen LogP contribution in [-0.2, 0) is 15.9 Å². The van der Waals surface area contributed by atoms with Crippen LogP contribution in [0.1, 0.15) is 30.1 Å². The molecule has 2 aromatic rings. The van der Waals surface area contributed by atoms with E-state index in [1.165, 1.54) is 53.4 Å². The normalized spacial score (nSPS) is 33.0. The zero-order valence-electron chi connectivity index (χ0n) is 14.1. The van der Waals surface area contributed by atoms with Crippen LogP contribution in [0.5, 0.6) is 0 Å². The molecule has 4 nitrogen and oxygen atoms in total. The highest BCUT2D eigenvalue weighted by Gasteiger charge is 2.47. The molecule has 3 aliphatic rings. The second kappa shape index (κ2) is 6.27. The molecule has 1 aromatic carbocycles. The SMILES string of the molecule is C[N@+]12CCc3c([nH]c4ccccc34)[C@@H]1C[C@@H](C1OCCO1)CC2.[I-]. The van der Waals surface area contributed by atoms with Crippen LogP contribution in [-0.4, -0.2) is 49.1 Å². The molecule has 3 aliphatic heterocycles. The fourth-order valence-electron chi connectivity index (χ4n) is 5.01. The first-order valence-corrected chi connectivity index (χ1v) is 8.91. The summed E-state index contributed by atoms with van der Waals surface area (Å²) in [5.41, 5.74) is 4.32. The number of aromatic nitrogens is 1. The van der Waals surface area contributed by atoms with Gasteiger partial charge in [0, 0.05) is 36.1 Å². The van der Waals surface area contributed by atoms with Crippen molar-refractivity contribution in [1.29, 1.82) is 0 Å². The van der Waals surface area contributed by atoms with Gasteiger partial charge in [-0.25, -0.2) is 0 Å². The summed E-state index contributed by atoms with van der Waals surface area (Å²) in [6.07, 6.45) is 3.60. The summed E-state index contributed by atoms with van der Waals surface area (Å²) in [4.78, 5) is 3.75. The van der Waals surface area contributed by atoms with Gasteiger partial charge in [0.1, 0.15) is 6.04 Å². The molecule has 3 atom stereocenters. The van der Waals surface area contributed by atoms with E-state index in [0.29, 0.717) is 12.0 Å². The average molecular weight is 440 g/mol. The molecule has 1 aromatic heterocycles. The number of benzene rings is 1. The van der Waals surface area contributed by atoms with Gasteiger partial charge >= 0.3 is 0 Å². The minimum Gasteiger partial charge on any atom is -1.00 e. The highest BCUT2D eigenvalue weighted by molar-refractivity contribution is 5.85. The molecule has 0 saturated carbocycles. The lowest BCUT2D eigenvalue weighted by Crippen LogP contribution is -3.00. The van der Waals surface area contributed by atoms with Crippen LogP contribution in [0.15, 0.2) is 24.3 Å². The van der Waals surface area contributed by atoms with Gasteiger partial charge in [-0.1, -0.05) is 18.2 Å². The van der Waals surface area contributed by atoms with Crippen molar-refractivity contribution in [1.82, 2.24) is 4.98 Å². The molecular formula is C19H25IN2O2. The van der Waals surface area contributed by atoms with Gasteiger partial charge in [-0.15, -0.1) is 0 Å².